The molecule has 7 nitrogen and oxygen atoms in total. The van der Waals surface area contributed by atoms with Crippen LogP contribution in [-0.4, -0.2) is 27.6 Å². The van der Waals surface area contributed by atoms with E-state index in [-0.39, 0.29) is 11.7 Å². The first-order chi connectivity index (χ1) is 14.8. The third kappa shape index (κ3) is 4.53. The summed E-state index contributed by atoms with van der Waals surface area (Å²) in [6.45, 7) is 5.96. The van der Waals surface area contributed by atoms with Crippen molar-refractivity contribution in [2.75, 3.05) is 6.54 Å². The first-order valence-corrected chi connectivity index (χ1v) is 9.73. The first kappa shape index (κ1) is 20.5. The van der Waals surface area contributed by atoms with Crippen LogP contribution in [0.3, 0.4) is 0 Å². The van der Waals surface area contributed by atoms with Crippen molar-refractivity contribution in [3.8, 4) is 22.8 Å². The van der Waals surface area contributed by atoms with E-state index in [0.29, 0.717) is 46.5 Å². The number of halogens is 1. The van der Waals surface area contributed by atoms with Crippen LogP contribution >= 0.6 is 0 Å². The van der Waals surface area contributed by atoms with Gasteiger partial charge in [0.05, 0.1) is 5.69 Å². The summed E-state index contributed by atoms with van der Waals surface area (Å²) in [6, 6.07) is 13.0. The molecule has 0 aliphatic rings. The zero-order valence-corrected chi connectivity index (χ0v) is 17.3. The molecular formula is C23H21FN4O3. The maximum atomic E-state index is 13.1. The van der Waals surface area contributed by atoms with Gasteiger partial charge >= 0.3 is 0 Å². The Bertz CT molecular complexity index is 1210. The van der Waals surface area contributed by atoms with Crippen molar-refractivity contribution in [2.24, 2.45) is 0 Å². The van der Waals surface area contributed by atoms with Crippen LogP contribution in [0.4, 0.5) is 4.39 Å². The summed E-state index contributed by atoms with van der Waals surface area (Å²) in [5.41, 5.74) is 2.07. The molecule has 2 aromatic heterocycles. The predicted octanol–water partition coefficient (Wildman–Crippen LogP) is 4.55. The van der Waals surface area contributed by atoms with Crippen LogP contribution in [0.15, 0.2) is 63.7 Å². The van der Waals surface area contributed by atoms with Crippen molar-refractivity contribution in [1.82, 2.24) is 20.4 Å². The van der Waals surface area contributed by atoms with E-state index in [4.69, 9.17) is 8.94 Å². The van der Waals surface area contributed by atoms with Gasteiger partial charge in [0, 0.05) is 35.6 Å². The molecule has 1 N–H and O–H groups in total. The second kappa shape index (κ2) is 8.14. The smallest absolute Gasteiger partial charge is 0.251 e. The van der Waals surface area contributed by atoms with Crippen molar-refractivity contribution in [2.45, 2.75) is 26.2 Å². The first-order valence-electron chi connectivity index (χ1n) is 9.73. The van der Waals surface area contributed by atoms with E-state index in [2.05, 4.69) is 20.4 Å². The van der Waals surface area contributed by atoms with Gasteiger partial charge in [-0.05, 0) is 36.4 Å². The fourth-order valence-electron chi connectivity index (χ4n) is 3.02. The number of aromatic nitrogens is 3. The van der Waals surface area contributed by atoms with Gasteiger partial charge in [-0.15, -0.1) is 0 Å². The zero-order chi connectivity index (χ0) is 22.0. The highest BCUT2D eigenvalue weighted by Crippen LogP contribution is 2.26. The molecule has 4 aromatic rings. The quantitative estimate of drug-likeness (QED) is 0.492. The van der Waals surface area contributed by atoms with Gasteiger partial charge in [-0.2, -0.15) is 4.98 Å². The van der Waals surface area contributed by atoms with E-state index >= 15 is 0 Å². The average Bonchev–Trinajstić information content (AvgIpc) is 3.43. The van der Waals surface area contributed by atoms with Crippen LogP contribution in [0.2, 0.25) is 0 Å². The number of hydrogen-bond donors (Lipinski definition) is 1. The van der Waals surface area contributed by atoms with Crippen molar-refractivity contribution < 1.29 is 18.1 Å². The van der Waals surface area contributed by atoms with E-state index in [9.17, 15) is 9.18 Å². The van der Waals surface area contributed by atoms with Gasteiger partial charge < -0.3 is 14.3 Å². The minimum Gasteiger partial charge on any atom is -0.444 e. The van der Waals surface area contributed by atoms with E-state index in [1.54, 1.807) is 43.5 Å². The molecule has 158 valence electrons. The summed E-state index contributed by atoms with van der Waals surface area (Å²) in [4.78, 5) is 21.4. The number of amides is 1. The maximum absolute atomic E-state index is 13.1. The van der Waals surface area contributed by atoms with E-state index in [1.807, 2.05) is 19.9 Å². The number of benzene rings is 2. The number of rotatable bonds is 6. The van der Waals surface area contributed by atoms with Crippen LogP contribution in [-0.2, 0) is 5.41 Å². The Morgan fingerprint density at radius 2 is 1.87 bits per heavy atom. The van der Waals surface area contributed by atoms with Gasteiger partial charge in [-0.3, -0.25) is 4.79 Å². The molecule has 0 atom stereocenters. The molecule has 0 spiro atoms. The number of nitrogens with zero attached hydrogens (tertiary/aromatic N) is 3. The van der Waals surface area contributed by atoms with Crippen molar-refractivity contribution in [1.29, 1.82) is 0 Å². The number of hydrogen-bond acceptors (Lipinski definition) is 6. The second-order valence-corrected chi connectivity index (χ2v) is 7.83. The van der Waals surface area contributed by atoms with E-state index in [0.717, 1.165) is 0 Å². The van der Waals surface area contributed by atoms with E-state index < -0.39 is 5.41 Å². The Morgan fingerprint density at radius 3 is 2.58 bits per heavy atom. The largest absolute Gasteiger partial charge is 0.444 e. The molecule has 0 radical (unpaired) electrons. The molecule has 2 aromatic carbocycles. The highest BCUT2D eigenvalue weighted by molar-refractivity contribution is 5.95. The molecule has 0 saturated heterocycles. The van der Waals surface area contributed by atoms with Gasteiger partial charge in [-0.1, -0.05) is 31.1 Å². The van der Waals surface area contributed by atoms with Crippen LogP contribution in [0.25, 0.3) is 22.8 Å². The molecule has 0 fully saturated rings. The number of carbonyl (C=O) groups is 1. The number of carbonyl (C=O) groups excluding carboxylic acids is 1. The summed E-state index contributed by atoms with van der Waals surface area (Å²) in [5, 5.41) is 6.83. The minimum atomic E-state index is -0.486. The van der Waals surface area contributed by atoms with Gasteiger partial charge in [0.1, 0.15) is 12.1 Å². The zero-order valence-electron chi connectivity index (χ0n) is 17.3. The Kier molecular flexibility index (Phi) is 5.37. The van der Waals surface area contributed by atoms with Crippen molar-refractivity contribution >= 4 is 5.91 Å². The molecule has 0 aliphatic heterocycles. The Balaban J connectivity index is 1.45. The monoisotopic (exact) mass is 420 g/mol. The van der Waals surface area contributed by atoms with Gasteiger partial charge in [0.25, 0.3) is 5.91 Å². The van der Waals surface area contributed by atoms with Crippen LogP contribution in [0.5, 0.6) is 0 Å². The minimum absolute atomic E-state index is 0.225. The Hall–Kier alpha value is -3.81. The van der Waals surface area contributed by atoms with Gasteiger partial charge in [-0.25, -0.2) is 9.37 Å². The summed E-state index contributed by atoms with van der Waals surface area (Å²) in [5.74, 6) is 0.745. The topological polar surface area (TPSA) is 94.1 Å². The third-order valence-electron chi connectivity index (χ3n) is 4.89. The average molecular weight is 420 g/mol. The molecule has 0 aliphatic carbocycles. The Labute approximate surface area is 178 Å². The molecule has 0 saturated carbocycles. The number of nitrogens with one attached hydrogen (secondary N) is 1. The highest BCUT2D eigenvalue weighted by atomic mass is 19.1. The fraction of sp³-hybridized carbons (Fsp3) is 0.217. The van der Waals surface area contributed by atoms with Crippen LogP contribution in [0.1, 0.15) is 35.8 Å². The van der Waals surface area contributed by atoms with Crippen LogP contribution < -0.4 is 5.32 Å². The summed E-state index contributed by atoms with van der Waals surface area (Å²) in [7, 11) is 0. The molecular weight excluding hydrogens is 399 g/mol. The maximum Gasteiger partial charge on any atom is 0.251 e. The molecule has 1 amide bonds. The van der Waals surface area contributed by atoms with Gasteiger partial charge in [0.2, 0.25) is 17.6 Å². The molecule has 2 heterocycles. The van der Waals surface area contributed by atoms with Crippen molar-refractivity contribution in [3.63, 3.8) is 0 Å². The van der Waals surface area contributed by atoms with E-state index in [1.165, 1.54) is 12.1 Å². The normalized spacial score (nSPS) is 11.5. The lowest BCUT2D eigenvalue weighted by atomic mass is 9.90. The standard InChI is InChI=1S/C23H21FN4O3/c1-14-26-20(28-31-14)16-5-4-6-17(11-16)21(29)25-13-23(2,3)19-12-30-22(27-19)15-7-9-18(24)10-8-15/h4-12H,13H2,1-3H3,(H,25,29). The molecule has 0 unspecified atom stereocenters. The SMILES string of the molecule is Cc1nc(-c2cccc(C(=O)NCC(C)(C)c3coc(-c4ccc(F)cc4)n3)c2)no1. The molecule has 0 bridgehead atoms. The second-order valence-electron chi connectivity index (χ2n) is 7.83. The molecule has 8 heteroatoms. The summed E-state index contributed by atoms with van der Waals surface area (Å²) >= 11 is 0. The lowest BCUT2D eigenvalue weighted by molar-refractivity contribution is 0.0945. The Morgan fingerprint density at radius 1 is 1.10 bits per heavy atom. The molecule has 4 rings (SSSR count). The van der Waals surface area contributed by atoms with Gasteiger partial charge in [0.15, 0.2) is 0 Å². The number of oxazole rings is 1. The summed E-state index contributed by atoms with van der Waals surface area (Å²) < 4.78 is 23.7. The fourth-order valence-corrected chi connectivity index (χ4v) is 3.02. The lowest BCUT2D eigenvalue weighted by Gasteiger charge is -2.22. The predicted molar refractivity (Wildman–Crippen MR) is 112 cm³/mol. The lowest BCUT2D eigenvalue weighted by Crippen LogP contribution is -2.37. The van der Waals surface area contributed by atoms with Crippen LogP contribution in [0, 0.1) is 12.7 Å². The summed E-state index contributed by atoms with van der Waals surface area (Å²) in [6.07, 6.45) is 1.56. The number of aryl methyl sites for hydroxylation is 1. The highest BCUT2D eigenvalue weighted by Gasteiger charge is 2.26. The molecule has 31 heavy (non-hydrogen) atoms. The van der Waals surface area contributed by atoms with Crippen molar-refractivity contribution in [3.05, 3.63) is 77.8 Å². The third-order valence-corrected chi connectivity index (χ3v) is 4.89.